The van der Waals surface area contributed by atoms with E-state index < -0.39 is 35.5 Å². The number of carbonyl (C=O) groups is 3. The Morgan fingerprint density at radius 3 is 1.86 bits per heavy atom. The molecule has 43 heavy (non-hydrogen) atoms. The second kappa shape index (κ2) is 14.0. The van der Waals surface area contributed by atoms with E-state index in [9.17, 15) is 19.5 Å². The largest absolute Gasteiger partial charge is 0.493 e. The van der Waals surface area contributed by atoms with Gasteiger partial charge in [0.25, 0.3) is 0 Å². The van der Waals surface area contributed by atoms with Crippen LogP contribution in [0.5, 0.6) is 23.0 Å². The third-order valence-corrected chi connectivity index (χ3v) is 8.71. The molecule has 1 atom stereocenters. The Hall–Kier alpha value is -4.01. The van der Waals surface area contributed by atoms with E-state index in [1.54, 1.807) is 6.07 Å². The number of ketones is 1. The van der Waals surface area contributed by atoms with Gasteiger partial charge in [-0.3, -0.25) is 14.4 Å². The third kappa shape index (κ3) is 7.32. The number of fused-ring (bicyclic) bond motifs is 2. The molecule has 2 aromatic carbocycles. The molecule has 3 N–H and O–H groups in total. The zero-order valence-electron chi connectivity index (χ0n) is 23.1. The molecule has 1 unspecified atom stereocenters. The number of rotatable bonds is 16. The number of benzene rings is 2. The average molecular weight is 639 g/mol. The van der Waals surface area contributed by atoms with Crippen molar-refractivity contribution in [1.82, 2.24) is 0 Å². The molecule has 10 nitrogen and oxygen atoms in total. The second-order valence-electron chi connectivity index (χ2n) is 9.34. The molecule has 4 rings (SSSR count). The Kier molecular flexibility index (Phi) is 10.4. The van der Waals surface area contributed by atoms with Crippen molar-refractivity contribution >= 4 is 60.6 Å². The molecule has 0 fully saturated rings. The van der Waals surface area contributed by atoms with E-state index >= 15 is 8.78 Å². The monoisotopic (exact) mass is 638 g/mol. The van der Waals surface area contributed by atoms with Gasteiger partial charge in [-0.25, -0.2) is 8.78 Å². The van der Waals surface area contributed by atoms with E-state index in [1.165, 1.54) is 32.4 Å². The summed E-state index contributed by atoms with van der Waals surface area (Å²) < 4.78 is 53.6. The predicted octanol–water partition coefficient (Wildman–Crippen LogP) is 6.21. The third-order valence-electron chi connectivity index (χ3n) is 6.41. The minimum atomic E-state index is -1.10. The number of ether oxygens (including phenoxy) is 4. The first kappa shape index (κ1) is 31.9. The highest BCUT2D eigenvalue weighted by Gasteiger charge is 2.22. The second-order valence-corrected chi connectivity index (χ2v) is 11.5. The summed E-state index contributed by atoms with van der Waals surface area (Å²) in [6, 6.07) is 5.92. The number of carboxylic acid groups (broad SMARTS) is 2. The fraction of sp³-hybridized carbons (Fsp3) is 0.345. The molecule has 0 aliphatic heterocycles. The molecule has 0 saturated carbocycles. The Balaban J connectivity index is 1.43. The highest BCUT2D eigenvalue weighted by molar-refractivity contribution is 7.21. The number of thiophene rings is 2. The molecule has 2 aromatic heterocycles. The van der Waals surface area contributed by atoms with Gasteiger partial charge in [-0.15, -0.1) is 22.7 Å². The van der Waals surface area contributed by atoms with Crippen molar-refractivity contribution in [1.29, 1.82) is 0 Å². The maximum Gasteiger partial charge on any atom is 0.303 e. The van der Waals surface area contributed by atoms with E-state index in [-0.39, 0.29) is 84.0 Å². The Labute approximate surface area is 252 Å². The average Bonchev–Trinajstić information content (AvgIpc) is 3.61. The summed E-state index contributed by atoms with van der Waals surface area (Å²) in [4.78, 5) is 34.6. The number of carbonyl (C=O) groups excluding carboxylic acids is 1. The van der Waals surface area contributed by atoms with Crippen LogP contribution in [-0.2, 0) is 9.59 Å². The molecular weight excluding hydrogens is 610 g/mol. The van der Waals surface area contributed by atoms with E-state index in [1.807, 2.05) is 0 Å². The molecule has 2 heterocycles. The van der Waals surface area contributed by atoms with E-state index in [0.29, 0.717) is 14.3 Å². The number of halogens is 2. The number of methoxy groups -OCH3 is 2. The van der Waals surface area contributed by atoms with Gasteiger partial charge >= 0.3 is 11.9 Å². The molecule has 4 aromatic rings. The topological polar surface area (TPSA) is 149 Å². The lowest BCUT2D eigenvalue weighted by atomic mass is 10.1. The summed E-state index contributed by atoms with van der Waals surface area (Å²) in [7, 11) is 2.70. The van der Waals surface area contributed by atoms with E-state index in [2.05, 4.69) is 0 Å². The first-order chi connectivity index (χ1) is 20.5. The zero-order chi connectivity index (χ0) is 31.3. The first-order valence-electron chi connectivity index (χ1n) is 13.0. The van der Waals surface area contributed by atoms with Gasteiger partial charge in [0.1, 0.15) is 0 Å². The molecule has 0 aliphatic rings. The fourth-order valence-electron chi connectivity index (χ4n) is 4.24. The Morgan fingerprint density at radius 1 is 0.791 bits per heavy atom. The van der Waals surface area contributed by atoms with Gasteiger partial charge in [-0.05, 0) is 18.6 Å². The molecule has 0 bridgehead atoms. The normalized spacial score (nSPS) is 11.9. The van der Waals surface area contributed by atoms with Crippen LogP contribution in [0.2, 0.25) is 0 Å². The van der Waals surface area contributed by atoms with Gasteiger partial charge < -0.3 is 34.3 Å². The van der Waals surface area contributed by atoms with Crippen LogP contribution in [0, 0.1) is 11.6 Å². The van der Waals surface area contributed by atoms with Crippen molar-refractivity contribution < 1.29 is 57.4 Å². The van der Waals surface area contributed by atoms with Gasteiger partial charge in [0.05, 0.1) is 44.8 Å². The number of hydrogen-bond acceptors (Lipinski definition) is 10. The van der Waals surface area contributed by atoms with Gasteiger partial charge in [0.2, 0.25) is 0 Å². The van der Waals surface area contributed by atoms with Crippen molar-refractivity contribution in [2.75, 3.05) is 27.4 Å². The fourth-order valence-corrected chi connectivity index (χ4v) is 6.41. The zero-order valence-corrected chi connectivity index (χ0v) is 24.7. The van der Waals surface area contributed by atoms with Crippen LogP contribution in [0.25, 0.3) is 20.2 Å². The molecule has 230 valence electrons. The van der Waals surface area contributed by atoms with Crippen molar-refractivity contribution in [3.8, 4) is 23.0 Å². The van der Waals surface area contributed by atoms with Crippen LogP contribution in [-0.4, -0.2) is 60.5 Å². The van der Waals surface area contributed by atoms with Crippen LogP contribution >= 0.6 is 22.7 Å². The van der Waals surface area contributed by atoms with Gasteiger partial charge in [0, 0.05) is 56.4 Å². The predicted molar refractivity (Wildman–Crippen MR) is 155 cm³/mol. The van der Waals surface area contributed by atoms with Crippen LogP contribution in [0.3, 0.4) is 0 Å². The summed E-state index contributed by atoms with van der Waals surface area (Å²) in [6.45, 7) is -0.0538. The van der Waals surface area contributed by atoms with Gasteiger partial charge in [0.15, 0.2) is 40.4 Å². The van der Waals surface area contributed by atoms with Crippen LogP contribution in [0.15, 0.2) is 24.3 Å². The number of hydrogen-bond donors (Lipinski definition) is 3. The number of aliphatic hydroxyl groups is 1. The van der Waals surface area contributed by atoms with Gasteiger partial charge in [-0.2, -0.15) is 0 Å². The highest BCUT2D eigenvalue weighted by atomic mass is 32.1. The standard InChI is InChI=1S/C29H28F2O10S2/c1-38-18-12-20-14(10-22(42-20)16(32)4-6-24(34)35)26(30)28(18)40-8-3-9-41-29-19(39-2)13-21-15(27(29)31)11-23(43-21)17(33)5-7-25(36)37/h10-13,16,32H,3-9H2,1-2H3,(H,34,35)(H,36,37). The molecule has 0 aliphatic carbocycles. The highest BCUT2D eigenvalue weighted by Crippen LogP contribution is 2.42. The summed E-state index contributed by atoms with van der Waals surface area (Å²) in [6.07, 6.45) is -1.62. The minimum absolute atomic E-state index is 0.0128. The first-order valence-corrected chi connectivity index (χ1v) is 14.7. The summed E-state index contributed by atoms with van der Waals surface area (Å²) in [5, 5.41) is 28.3. The summed E-state index contributed by atoms with van der Waals surface area (Å²) in [5.74, 6) is -4.08. The van der Waals surface area contributed by atoms with Gasteiger partial charge in [-0.1, -0.05) is 0 Å². The van der Waals surface area contributed by atoms with E-state index in [0.717, 1.165) is 22.7 Å². The van der Waals surface area contributed by atoms with Crippen molar-refractivity contribution in [3.05, 3.63) is 45.7 Å². The molecule has 0 saturated heterocycles. The maximum absolute atomic E-state index is 15.4. The minimum Gasteiger partial charge on any atom is -0.493 e. The van der Waals surface area contributed by atoms with Crippen LogP contribution < -0.4 is 18.9 Å². The van der Waals surface area contributed by atoms with Crippen LogP contribution in [0.4, 0.5) is 8.78 Å². The number of aliphatic carboxylic acids is 2. The number of carboxylic acids is 2. The Morgan fingerprint density at radius 2 is 1.33 bits per heavy atom. The lowest BCUT2D eigenvalue weighted by molar-refractivity contribution is -0.138. The summed E-state index contributed by atoms with van der Waals surface area (Å²) in [5.41, 5.74) is 0. The lowest BCUT2D eigenvalue weighted by Crippen LogP contribution is -2.08. The molecule has 0 amide bonds. The molecule has 0 radical (unpaired) electrons. The Bertz CT molecular complexity index is 1660. The van der Waals surface area contributed by atoms with Crippen molar-refractivity contribution in [3.63, 3.8) is 0 Å². The molecule has 0 spiro atoms. The lowest BCUT2D eigenvalue weighted by Gasteiger charge is -2.14. The SMILES string of the molecule is COc1cc2sc(C(=O)CCC(=O)O)cc2c(F)c1OCCCOc1c(OC)cc2sc(C(O)CCC(=O)O)cc2c1F. The summed E-state index contributed by atoms with van der Waals surface area (Å²) >= 11 is 2.15. The molecular formula is C29H28F2O10S2. The smallest absolute Gasteiger partial charge is 0.303 e. The van der Waals surface area contributed by atoms with Crippen molar-refractivity contribution in [2.24, 2.45) is 0 Å². The van der Waals surface area contributed by atoms with Crippen LogP contribution in [0.1, 0.15) is 52.8 Å². The number of Topliss-reactive ketones (excluding diaryl/α,β-unsaturated/α-hetero) is 1. The number of aliphatic hydroxyl groups excluding tert-OH is 1. The quantitative estimate of drug-likeness (QED) is 0.0956. The maximum atomic E-state index is 15.4. The molecule has 14 heteroatoms. The van der Waals surface area contributed by atoms with Crippen molar-refractivity contribution in [2.45, 2.75) is 38.2 Å². The van der Waals surface area contributed by atoms with E-state index in [4.69, 9.17) is 29.2 Å².